The highest BCUT2D eigenvalue weighted by Crippen LogP contribution is 2.30. The van der Waals surface area contributed by atoms with E-state index < -0.39 is 0 Å². The summed E-state index contributed by atoms with van der Waals surface area (Å²) in [7, 11) is 0. The minimum atomic E-state index is -0.339. The lowest BCUT2D eigenvalue weighted by molar-refractivity contribution is -0.135. The zero-order valence-electron chi connectivity index (χ0n) is 11.1. The average Bonchev–Trinajstić information content (AvgIpc) is 3.24. The van der Waals surface area contributed by atoms with Gasteiger partial charge in [0.25, 0.3) is 0 Å². The van der Waals surface area contributed by atoms with Crippen LogP contribution >= 0.6 is 0 Å². The summed E-state index contributed by atoms with van der Waals surface area (Å²) in [4.78, 5) is 23.1. The molecule has 1 aromatic carbocycles. The highest BCUT2D eigenvalue weighted by atomic mass is 16.5. The van der Waals surface area contributed by atoms with Crippen LogP contribution in [0, 0.1) is 5.92 Å². The van der Waals surface area contributed by atoms with Gasteiger partial charge in [0.15, 0.2) is 0 Å². The van der Waals surface area contributed by atoms with Crippen molar-refractivity contribution >= 4 is 11.9 Å². The third-order valence-electron chi connectivity index (χ3n) is 2.95. The molecule has 0 N–H and O–H groups in total. The zero-order chi connectivity index (χ0) is 13.7. The van der Waals surface area contributed by atoms with Crippen LogP contribution in [0.1, 0.15) is 43.0 Å². The van der Waals surface area contributed by atoms with Crippen molar-refractivity contribution in [3.05, 3.63) is 29.8 Å². The van der Waals surface area contributed by atoms with E-state index in [0.29, 0.717) is 17.9 Å². The van der Waals surface area contributed by atoms with Crippen LogP contribution in [0.3, 0.4) is 0 Å². The Kier molecular flexibility index (Phi) is 4.55. The minimum Gasteiger partial charge on any atom is -0.462 e. The fraction of sp³-hybridized carbons (Fsp3) is 0.467. The van der Waals surface area contributed by atoms with Crippen LogP contribution in [0.2, 0.25) is 0 Å². The largest absolute Gasteiger partial charge is 0.462 e. The van der Waals surface area contributed by atoms with E-state index in [9.17, 15) is 9.59 Å². The zero-order valence-corrected chi connectivity index (χ0v) is 11.1. The smallest absolute Gasteiger partial charge is 0.338 e. The fourth-order valence-corrected chi connectivity index (χ4v) is 1.57. The summed E-state index contributed by atoms with van der Waals surface area (Å²) in [6, 6.07) is 6.47. The van der Waals surface area contributed by atoms with Gasteiger partial charge in [-0.05, 0) is 43.5 Å². The molecule has 1 saturated carbocycles. The molecule has 0 aliphatic heterocycles. The van der Waals surface area contributed by atoms with Crippen LogP contribution in [-0.4, -0.2) is 18.5 Å². The number of hydrogen-bond acceptors (Lipinski definition) is 4. The lowest BCUT2D eigenvalue weighted by Gasteiger charge is -2.06. The molecule has 1 aliphatic rings. The SMILES string of the molecule is CCCCOC(=O)c1ccc(OC(=O)C2CC2)cc1. The van der Waals surface area contributed by atoms with Crippen LogP contribution < -0.4 is 4.74 Å². The summed E-state index contributed by atoms with van der Waals surface area (Å²) in [5.74, 6) is 0.0208. The molecule has 0 unspecified atom stereocenters. The van der Waals surface area contributed by atoms with Gasteiger partial charge >= 0.3 is 11.9 Å². The standard InChI is InChI=1S/C15H18O4/c1-2-3-10-18-14(16)11-6-8-13(9-7-11)19-15(17)12-4-5-12/h6-9,12H,2-5,10H2,1H3. The number of unbranched alkanes of at least 4 members (excludes halogenated alkanes) is 1. The van der Waals surface area contributed by atoms with E-state index in [0.717, 1.165) is 25.7 Å². The van der Waals surface area contributed by atoms with Gasteiger partial charge in [-0.15, -0.1) is 0 Å². The molecular formula is C15H18O4. The molecule has 0 radical (unpaired) electrons. The maximum Gasteiger partial charge on any atom is 0.338 e. The van der Waals surface area contributed by atoms with E-state index >= 15 is 0 Å². The maximum atomic E-state index is 11.6. The van der Waals surface area contributed by atoms with Gasteiger partial charge in [0.2, 0.25) is 0 Å². The topological polar surface area (TPSA) is 52.6 Å². The van der Waals surface area contributed by atoms with E-state index in [1.807, 2.05) is 6.92 Å². The van der Waals surface area contributed by atoms with Crippen LogP contribution in [0.15, 0.2) is 24.3 Å². The summed E-state index contributed by atoms with van der Waals surface area (Å²) in [6.07, 6.45) is 3.69. The molecular weight excluding hydrogens is 244 g/mol. The van der Waals surface area contributed by atoms with Crippen LogP contribution in [0.25, 0.3) is 0 Å². The van der Waals surface area contributed by atoms with Gasteiger partial charge in [0.05, 0.1) is 18.1 Å². The molecule has 2 rings (SSSR count). The Bertz CT molecular complexity index is 446. The normalized spacial score (nSPS) is 13.9. The summed E-state index contributed by atoms with van der Waals surface area (Å²) < 4.78 is 10.3. The van der Waals surface area contributed by atoms with E-state index in [-0.39, 0.29) is 17.9 Å². The molecule has 1 fully saturated rings. The second-order valence-corrected chi connectivity index (χ2v) is 4.71. The molecule has 0 atom stereocenters. The Hall–Kier alpha value is -1.84. The van der Waals surface area contributed by atoms with Crippen LogP contribution in [-0.2, 0) is 9.53 Å². The van der Waals surface area contributed by atoms with E-state index in [1.54, 1.807) is 24.3 Å². The minimum absolute atomic E-state index is 0.0682. The number of carbonyl (C=O) groups excluding carboxylic acids is 2. The highest BCUT2D eigenvalue weighted by Gasteiger charge is 2.31. The van der Waals surface area contributed by atoms with Crippen LogP contribution in [0.4, 0.5) is 0 Å². The third kappa shape index (κ3) is 4.09. The first-order valence-electron chi connectivity index (χ1n) is 6.69. The third-order valence-corrected chi connectivity index (χ3v) is 2.95. The van der Waals surface area contributed by atoms with Crippen molar-refractivity contribution in [3.63, 3.8) is 0 Å². The Morgan fingerprint density at radius 2 is 1.89 bits per heavy atom. The Labute approximate surface area is 112 Å². The van der Waals surface area contributed by atoms with Gasteiger partial charge < -0.3 is 9.47 Å². The first kappa shape index (κ1) is 13.6. The molecule has 0 bridgehead atoms. The molecule has 19 heavy (non-hydrogen) atoms. The molecule has 0 saturated heterocycles. The summed E-state index contributed by atoms with van der Waals surface area (Å²) in [6.45, 7) is 2.48. The van der Waals surface area contributed by atoms with Crippen molar-refractivity contribution < 1.29 is 19.1 Å². The van der Waals surface area contributed by atoms with Gasteiger partial charge in [-0.25, -0.2) is 4.79 Å². The Morgan fingerprint density at radius 3 is 2.47 bits per heavy atom. The molecule has 4 heteroatoms. The number of esters is 2. The van der Waals surface area contributed by atoms with E-state index in [1.165, 1.54) is 0 Å². The van der Waals surface area contributed by atoms with E-state index in [4.69, 9.17) is 9.47 Å². The number of benzene rings is 1. The van der Waals surface area contributed by atoms with E-state index in [2.05, 4.69) is 0 Å². The molecule has 102 valence electrons. The van der Waals surface area contributed by atoms with Crippen molar-refractivity contribution in [3.8, 4) is 5.75 Å². The molecule has 0 amide bonds. The molecule has 1 aliphatic carbocycles. The summed E-state index contributed by atoms with van der Waals surface area (Å²) in [5, 5.41) is 0. The first-order valence-corrected chi connectivity index (χ1v) is 6.69. The number of ether oxygens (including phenoxy) is 2. The highest BCUT2D eigenvalue weighted by molar-refractivity contribution is 5.89. The quantitative estimate of drug-likeness (QED) is 0.449. The second-order valence-electron chi connectivity index (χ2n) is 4.71. The van der Waals surface area contributed by atoms with Gasteiger partial charge in [-0.2, -0.15) is 0 Å². The Morgan fingerprint density at radius 1 is 1.21 bits per heavy atom. The second kappa shape index (κ2) is 6.36. The number of hydrogen-bond donors (Lipinski definition) is 0. The van der Waals surface area contributed by atoms with Gasteiger partial charge in [0.1, 0.15) is 5.75 Å². The number of carbonyl (C=O) groups is 2. The lowest BCUT2D eigenvalue weighted by atomic mass is 10.2. The predicted octanol–water partition coefficient (Wildman–Crippen LogP) is 2.96. The van der Waals surface area contributed by atoms with Gasteiger partial charge in [-0.3, -0.25) is 4.79 Å². The van der Waals surface area contributed by atoms with Crippen LogP contribution in [0.5, 0.6) is 5.75 Å². The lowest BCUT2D eigenvalue weighted by Crippen LogP contribution is -2.10. The summed E-state index contributed by atoms with van der Waals surface area (Å²) >= 11 is 0. The molecule has 1 aromatic rings. The summed E-state index contributed by atoms with van der Waals surface area (Å²) in [5.41, 5.74) is 0.474. The molecule has 0 spiro atoms. The van der Waals surface area contributed by atoms with Gasteiger partial charge in [-0.1, -0.05) is 13.3 Å². The Balaban J connectivity index is 1.86. The monoisotopic (exact) mass is 262 g/mol. The molecule has 0 aromatic heterocycles. The van der Waals surface area contributed by atoms with Crippen molar-refractivity contribution in [2.24, 2.45) is 5.92 Å². The van der Waals surface area contributed by atoms with Gasteiger partial charge in [0, 0.05) is 0 Å². The van der Waals surface area contributed by atoms with Crippen molar-refractivity contribution in [2.75, 3.05) is 6.61 Å². The first-order chi connectivity index (χ1) is 9.20. The van der Waals surface area contributed by atoms with Crippen molar-refractivity contribution in [2.45, 2.75) is 32.6 Å². The number of rotatable bonds is 6. The molecule has 0 heterocycles. The molecule has 4 nitrogen and oxygen atoms in total. The van der Waals surface area contributed by atoms with Crippen molar-refractivity contribution in [1.29, 1.82) is 0 Å². The predicted molar refractivity (Wildman–Crippen MR) is 70.0 cm³/mol. The van der Waals surface area contributed by atoms with Crippen molar-refractivity contribution in [1.82, 2.24) is 0 Å². The fourth-order valence-electron chi connectivity index (χ4n) is 1.57. The maximum absolute atomic E-state index is 11.6. The average molecular weight is 262 g/mol.